The van der Waals surface area contributed by atoms with E-state index in [0.29, 0.717) is 63.3 Å². The molecule has 37 heavy (non-hydrogen) atoms. The maximum absolute atomic E-state index is 13.4. The zero-order valence-corrected chi connectivity index (χ0v) is 22.5. The molecule has 12 heteroatoms. The van der Waals surface area contributed by atoms with Crippen LogP contribution in [0.2, 0.25) is 15.1 Å². The average Bonchev–Trinajstić information content (AvgIpc) is 3.12. The molecule has 1 unspecified atom stereocenters. The lowest BCUT2D eigenvalue weighted by Crippen LogP contribution is -2.47. The summed E-state index contributed by atoms with van der Waals surface area (Å²) in [7, 11) is 1.82. The molecule has 0 bridgehead atoms. The zero-order chi connectivity index (χ0) is 26.3. The largest absolute Gasteiger partial charge is 0.393 e. The fraction of sp³-hybridized carbons (Fsp3) is 0.480. The number of aromatic nitrogens is 2. The Morgan fingerprint density at radius 3 is 2.62 bits per heavy atom. The van der Waals surface area contributed by atoms with Gasteiger partial charge in [0, 0.05) is 46.3 Å². The van der Waals surface area contributed by atoms with Gasteiger partial charge < -0.3 is 25.4 Å². The lowest BCUT2D eigenvalue weighted by Gasteiger charge is -2.35. The second-order valence-corrected chi connectivity index (χ2v) is 11.0. The van der Waals surface area contributed by atoms with Crippen molar-refractivity contribution in [1.29, 1.82) is 0 Å². The Morgan fingerprint density at radius 1 is 1.14 bits per heavy atom. The molecule has 1 aromatic heterocycles. The average molecular weight is 576 g/mol. The SMILES string of the molecule is Cn1c(Nc2c(Cl)ccc(CNCC3CNC3)c2Cl)nc2cc(Cl)c(N3CCCC(C(F)(F)F)C3)cc21. The first-order chi connectivity index (χ1) is 17.6. The van der Waals surface area contributed by atoms with E-state index in [9.17, 15) is 13.2 Å². The molecule has 2 aliphatic rings. The molecule has 2 saturated heterocycles. The maximum Gasteiger partial charge on any atom is 0.393 e. The monoisotopic (exact) mass is 574 g/mol. The van der Waals surface area contributed by atoms with Gasteiger partial charge >= 0.3 is 6.18 Å². The molecule has 2 fully saturated rings. The highest BCUT2D eigenvalue weighted by molar-refractivity contribution is 6.39. The molecule has 3 heterocycles. The lowest BCUT2D eigenvalue weighted by molar-refractivity contribution is -0.175. The first-order valence-electron chi connectivity index (χ1n) is 12.2. The number of nitrogens with one attached hydrogen (secondary N) is 3. The highest BCUT2D eigenvalue weighted by atomic mass is 35.5. The van der Waals surface area contributed by atoms with Crippen LogP contribution in [0, 0.1) is 11.8 Å². The van der Waals surface area contributed by atoms with Gasteiger partial charge in [0.2, 0.25) is 5.95 Å². The number of fused-ring (bicyclic) bond motifs is 1. The fourth-order valence-electron chi connectivity index (χ4n) is 4.88. The number of piperidine rings is 1. The Labute approximate surface area is 228 Å². The Hall–Kier alpha value is -1.91. The number of nitrogens with zero attached hydrogens (tertiary/aromatic N) is 3. The van der Waals surface area contributed by atoms with Crippen molar-refractivity contribution in [1.82, 2.24) is 20.2 Å². The third-order valence-electron chi connectivity index (χ3n) is 7.20. The van der Waals surface area contributed by atoms with E-state index in [1.165, 1.54) is 0 Å². The van der Waals surface area contributed by atoms with Gasteiger partial charge in [-0.05, 0) is 42.5 Å². The number of aryl methyl sites for hydroxylation is 1. The highest BCUT2D eigenvalue weighted by Gasteiger charge is 2.42. The van der Waals surface area contributed by atoms with E-state index in [2.05, 4.69) is 20.9 Å². The van der Waals surface area contributed by atoms with Crippen molar-refractivity contribution >= 4 is 63.2 Å². The number of anilines is 3. The Balaban J connectivity index is 1.39. The summed E-state index contributed by atoms with van der Waals surface area (Å²) >= 11 is 19.7. The third kappa shape index (κ3) is 5.61. The fourth-order valence-corrected chi connectivity index (χ4v) is 5.69. The molecule has 3 aromatic rings. The van der Waals surface area contributed by atoms with E-state index in [4.69, 9.17) is 34.8 Å². The molecule has 0 saturated carbocycles. The van der Waals surface area contributed by atoms with Gasteiger partial charge in [-0.15, -0.1) is 0 Å². The van der Waals surface area contributed by atoms with Crippen LogP contribution < -0.4 is 20.9 Å². The third-order valence-corrected chi connectivity index (χ3v) is 8.25. The zero-order valence-electron chi connectivity index (χ0n) is 20.2. The molecule has 0 amide bonds. The quantitative estimate of drug-likeness (QED) is 0.306. The standard InChI is InChI=1S/C25H28Cl3F3N6/c1-36-21-8-20(37-6-2-3-16(13-37)25(29,30)31)18(27)7-19(21)34-24(36)35-23-17(26)5-4-15(22(23)28)12-33-11-14-9-32-10-14/h4-5,7-8,14,16,32-33H,2-3,6,9-13H2,1H3,(H,34,35). The second kappa shape index (κ2) is 10.7. The molecule has 0 radical (unpaired) electrons. The first-order valence-corrected chi connectivity index (χ1v) is 13.4. The van der Waals surface area contributed by atoms with Crippen molar-refractivity contribution in [3.63, 3.8) is 0 Å². The van der Waals surface area contributed by atoms with Crippen LogP contribution in [0.25, 0.3) is 11.0 Å². The van der Waals surface area contributed by atoms with Gasteiger partial charge in [-0.2, -0.15) is 13.2 Å². The molecule has 3 N–H and O–H groups in total. The summed E-state index contributed by atoms with van der Waals surface area (Å²) in [6.07, 6.45) is -3.64. The van der Waals surface area contributed by atoms with Gasteiger partial charge in [-0.1, -0.05) is 40.9 Å². The molecule has 0 spiro atoms. The van der Waals surface area contributed by atoms with Crippen LogP contribution in [0.1, 0.15) is 18.4 Å². The lowest BCUT2D eigenvalue weighted by atomic mass is 9.97. The van der Waals surface area contributed by atoms with Crippen LogP contribution in [-0.4, -0.2) is 48.5 Å². The minimum absolute atomic E-state index is 0.110. The van der Waals surface area contributed by atoms with Gasteiger partial charge in [-0.3, -0.25) is 0 Å². The summed E-state index contributed by atoms with van der Waals surface area (Å²) in [4.78, 5) is 6.37. The Kier molecular flexibility index (Phi) is 7.71. The number of alkyl halides is 3. The number of halogens is 6. The second-order valence-electron chi connectivity index (χ2n) is 9.79. The first kappa shape index (κ1) is 26.7. The summed E-state index contributed by atoms with van der Waals surface area (Å²) in [6.45, 7) is 3.96. The van der Waals surface area contributed by atoms with Crippen LogP contribution in [0.3, 0.4) is 0 Å². The molecule has 2 aliphatic heterocycles. The van der Waals surface area contributed by atoms with Gasteiger partial charge in [0.1, 0.15) is 0 Å². The summed E-state index contributed by atoms with van der Waals surface area (Å²) in [5.41, 5.74) is 3.37. The van der Waals surface area contributed by atoms with Gasteiger partial charge in [0.05, 0.1) is 43.4 Å². The smallest absolute Gasteiger partial charge is 0.370 e. The van der Waals surface area contributed by atoms with Crippen LogP contribution in [0.5, 0.6) is 0 Å². The van der Waals surface area contributed by atoms with E-state index >= 15 is 0 Å². The van der Waals surface area contributed by atoms with Gasteiger partial charge in [0.15, 0.2) is 0 Å². The summed E-state index contributed by atoms with van der Waals surface area (Å²) in [5, 5.41) is 11.3. The van der Waals surface area contributed by atoms with Crippen molar-refractivity contribution in [2.75, 3.05) is 42.9 Å². The number of imidazole rings is 1. The predicted molar refractivity (Wildman–Crippen MR) is 145 cm³/mol. The highest BCUT2D eigenvalue weighted by Crippen LogP contribution is 2.40. The molecule has 5 rings (SSSR count). The van der Waals surface area contributed by atoms with E-state index in [-0.39, 0.29) is 13.0 Å². The van der Waals surface area contributed by atoms with Gasteiger partial charge in [-0.25, -0.2) is 4.98 Å². The summed E-state index contributed by atoms with van der Waals surface area (Å²) in [6, 6.07) is 7.18. The van der Waals surface area contributed by atoms with Crippen molar-refractivity contribution in [2.45, 2.75) is 25.6 Å². The van der Waals surface area contributed by atoms with Crippen LogP contribution >= 0.6 is 34.8 Å². The van der Waals surface area contributed by atoms with Crippen molar-refractivity contribution < 1.29 is 13.2 Å². The van der Waals surface area contributed by atoms with Crippen LogP contribution in [0.4, 0.5) is 30.5 Å². The van der Waals surface area contributed by atoms with E-state index in [0.717, 1.165) is 30.7 Å². The number of rotatable bonds is 7. The van der Waals surface area contributed by atoms with Crippen LogP contribution in [0.15, 0.2) is 24.3 Å². The molecule has 6 nitrogen and oxygen atoms in total. The van der Waals surface area contributed by atoms with Crippen LogP contribution in [-0.2, 0) is 13.6 Å². The number of benzene rings is 2. The molecular weight excluding hydrogens is 548 g/mol. The minimum atomic E-state index is -4.23. The molecule has 2 aromatic carbocycles. The number of hydrogen-bond donors (Lipinski definition) is 3. The summed E-state index contributed by atoms with van der Waals surface area (Å²) in [5.74, 6) is -0.248. The van der Waals surface area contributed by atoms with Gasteiger partial charge in [0.25, 0.3) is 0 Å². The Bertz CT molecular complexity index is 1290. The topological polar surface area (TPSA) is 57.2 Å². The molecule has 0 aliphatic carbocycles. The van der Waals surface area contributed by atoms with Crippen molar-refractivity contribution in [2.24, 2.45) is 18.9 Å². The van der Waals surface area contributed by atoms with Crippen molar-refractivity contribution in [3.8, 4) is 0 Å². The molecule has 200 valence electrons. The molecular formula is C25H28Cl3F3N6. The normalized spacial score (nSPS) is 18.9. The van der Waals surface area contributed by atoms with Crippen molar-refractivity contribution in [3.05, 3.63) is 44.9 Å². The van der Waals surface area contributed by atoms with E-state index in [1.54, 1.807) is 23.1 Å². The maximum atomic E-state index is 13.4. The van der Waals surface area contributed by atoms with E-state index in [1.807, 2.05) is 17.7 Å². The summed E-state index contributed by atoms with van der Waals surface area (Å²) < 4.78 is 41.9. The Morgan fingerprint density at radius 2 is 1.92 bits per heavy atom. The predicted octanol–water partition coefficient (Wildman–Crippen LogP) is 6.36. The number of hydrogen-bond acceptors (Lipinski definition) is 5. The van der Waals surface area contributed by atoms with E-state index < -0.39 is 12.1 Å². The molecule has 1 atom stereocenters. The minimum Gasteiger partial charge on any atom is -0.370 e.